The Morgan fingerprint density at radius 3 is 2.64 bits per heavy atom. The first-order valence-electron chi connectivity index (χ1n) is 9.27. The molecule has 0 aliphatic carbocycles. The number of rotatable bonds is 2. The zero-order valence-electron chi connectivity index (χ0n) is 15.3. The number of benzene rings is 3. The Kier molecular flexibility index (Phi) is 4.02. The van der Waals surface area contributed by atoms with Crippen LogP contribution in [0.2, 0.25) is 5.02 Å². The number of halogens is 1. The number of fused-ring (bicyclic) bond motifs is 3. The summed E-state index contributed by atoms with van der Waals surface area (Å²) in [4.78, 5) is 0. The minimum atomic E-state index is -0.540. The number of phenolic OH excluding ortho intramolecular Hbond substituents is 1. The van der Waals surface area contributed by atoms with Crippen molar-refractivity contribution in [2.24, 2.45) is 5.10 Å². The van der Waals surface area contributed by atoms with Gasteiger partial charge in [-0.3, -0.25) is 0 Å². The number of hydrogen-bond donors (Lipinski definition) is 1. The lowest BCUT2D eigenvalue weighted by atomic mass is 9.95. The molecule has 140 valence electrons. The summed E-state index contributed by atoms with van der Waals surface area (Å²) in [6.45, 7) is 2.07. The zero-order chi connectivity index (χ0) is 19.3. The number of hydrogen-bond acceptors (Lipinski definition) is 4. The van der Waals surface area contributed by atoms with Gasteiger partial charge in [-0.2, -0.15) is 5.10 Å². The molecule has 3 aromatic carbocycles. The van der Waals surface area contributed by atoms with E-state index in [1.165, 1.54) is 5.56 Å². The van der Waals surface area contributed by atoms with Crippen molar-refractivity contribution >= 4 is 17.3 Å². The van der Waals surface area contributed by atoms with E-state index in [9.17, 15) is 5.11 Å². The average Bonchev–Trinajstić information content (AvgIpc) is 3.15. The fourth-order valence-corrected chi connectivity index (χ4v) is 4.06. The number of phenols is 1. The smallest absolute Gasteiger partial charge is 0.217 e. The molecule has 3 aromatic rings. The van der Waals surface area contributed by atoms with Crippen molar-refractivity contribution in [3.63, 3.8) is 0 Å². The highest BCUT2D eigenvalue weighted by molar-refractivity contribution is 6.30. The minimum Gasteiger partial charge on any atom is -0.507 e. The van der Waals surface area contributed by atoms with Crippen LogP contribution in [0.3, 0.4) is 0 Å². The SMILES string of the molecule is Cc1ccc(C2=NN3[C@@H](C2)c2ccccc2O[C@H]3c2cc(Cl)ccc2O)cc1. The summed E-state index contributed by atoms with van der Waals surface area (Å²) in [6, 6.07) is 21.5. The number of ether oxygens (including phenoxy) is 1. The summed E-state index contributed by atoms with van der Waals surface area (Å²) in [5, 5.41) is 17.9. The predicted molar refractivity (Wildman–Crippen MR) is 110 cm³/mol. The third-order valence-electron chi connectivity index (χ3n) is 5.34. The molecule has 0 radical (unpaired) electrons. The van der Waals surface area contributed by atoms with E-state index >= 15 is 0 Å². The van der Waals surface area contributed by atoms with E-state index in [0.29, 0.717) is 10.6 Å². The molecule has 0 saturated carbocycles. The highest BCUT2D eigenvalue weighted by atomic mass is 35.5. The molecule has 2 atom stereocenters. The summed E-state index contributed by atoms with van der Waals surface area (Å²) >= 11 is 6.20. The van der Waals surface area contributed by atoms with Crippen LogP contribution in [0.5, 0.6) is 11.5 Å². The normalized spacial score (nSPS) is 20.2. The van der Waals surface area contributed by atoms with Crippen molar-refractivity contribution < 1.29 is 9.84 Å². The van der Waals surface area contributed by atoms with Gasteiger partial charge in [0.05, 0.1) is 17.3 Å². The van der Waals surface area contributed by atoms with Gasteiger partial charge in [-0.15, -0.1) is 0 Å². The minimum absolute atomic E-state index is 0.0460. The quantitative estimate of drug-likeness (QED) is 0.619. The monoisotopic (exact) mass is 390 g/mol. The molecule has 5 heteroatoms. The van der Waals surface area contributed by atoms with E-state index in [4.69, 9.17) is 21.4 Å². The molecule has 0 unspecified atom stereocenters. The molecule has 0 saturated heterocycles. The van der Waals surface area contributed by atoms with Crippen molar-refractivity contribution in [1.29, 1.82) is 0 Å². The van der Waals surface area contributed by atoms with Crippen molar-refractivity contribution in [1.82, 2.24) is 5.01 Å². The van der Waals surface area contributed by atoms with Crippen LogP contribution >= 0.6 is 11.6 Å². The summed E-state index contributed by atoms with van der Waals surface area (Å²) in [6.07, 6.45) is 0.239. The Bertz CT molecular complexity index is 1080. The Morgan fingerprint density at radius 1 is 1.04 bits per heavy atom. The lowest BCUT2D eigenvalue weighted by molar-refractivity contribution is -0.0203. The van der Waals surface area contributed by atoms with Crippen LogP contribution in [0.4, 0.5) is 0 Å². The molecule has 5 rings (SSSR count). The van der Waals surface area contributed by atoms with Gasteiger partial charge in [0, 0.05) is 17.0 Å². The summed E-state index contributed by atoms with van der Waals surface area (Å²) in [5.74, 6) is 0.958. The zero-order valence-corrected chi connectivity index (χ0v) is 16.1. The van der Waals surface area contributed by atoms with E-state index in [0.717, 1.165) is 29.0 Å². The Morgan fingerprint density at radius 2 is 1.82 bits per heavy atom. The lowest BCUT2D eigenvalue weighted by Crippen LogP contribution is -2.33. The van der Waals surface area contributed by atoms with Gasteiger partial charge in [-0.25, -0.2) is 5.01 Å². The van der Waals surface area contributed by atoms with Crippen LogP contribution in [0.1, 0.15) is 40.9 Å². The molecule has 0 fully saturated rings. The first-order valence-corrected chi connectivity index (χ1v) is 9.65. The highest BCUT2D eigenvalue weighted by Crippen LogP contribution is 2.48. The van der Waals surface area contributed by atoms with Crippen molar-refractivity contribution in [2.75, 3.05) is 0 Å². The van der Waals surface area contributed by atoms with Gasteiger partial charge in [-0.1, -0.05) is 59.6 Å². The van der Waals surface area contributed by atoms with E-state index in [1.807, 2.05) is 23.2 Å². The number of nitrogens with zero attached hydrogens (tertiary/aromatic N) is 2. The van der Waals surface area contributed by atoms with Crippen molar-refractivity contribution in [3.05, 3.63) is 94.0 Å². The molecule has 2 aliphatic heterocycles. The molecule has 2 heterocycles. The molecule has 2 aliphatic rings. The number of hydrazone groups is 1. The van der Waals surface area contributed by atoms with Gasteiger partial charge in [0.15, 0.2) is 0 Å². The van der Waals surface area contributed by atoms with Gasteiger partial charge >= 0.3 is 0 Å². The Balaban J connectivity index is 1.62. The van der Waals surface area contributed by atoms with Crippen LogP contribution in [0.25, 0.3) is 0 Å². The van der Waals surface area contributed by atoms with E-state index in [1.54, 1.807) is 18.2 Å². The second-order valence-electron chi connectivity index (χ2n) is 7.22. The third kappa shape index (κ3) is 2.81. The largest absolute Gasteiger partial charge is 0.507 e. The summed E-state index contributed by atoms with van der Waals surface area (Å²) in [5.41, 5.74) is 5.05. The Hall–Kier alpha value is -2.98. The molecule has 0 bridgehead atoms. The van der Waals surface area contributed by atoms with Gasteiger partial charge in [0.2, 0.25) is 6.23 Å². The first-order chi connectivity index (χ1) is 13.6. The highest BCUT2D eigenvalue weighted by Gasteiger charge is 2.41. The topological polar surface area (TPSA) is 45.1 Å². The van der Waals surface area contributed by atoms with Crippen molar-refractivity contribution in [2.45, 2.75) is 25.6 Å². The molecular formula is C23H19ClN2O2. The lowest BCUT2D eigenvalue weighted by Gasteiger charge is -2.38. The third-order valence-corrected chi connectivity index (χ3v) is 5.57. The maximum atomic E-state index is 10.5. The van der Waals surface area contributed by atoms with Crippen LogP contribution in [0.15, 0.2) is 71.8 Å². The maximum Gasteiger partial charge on any atom is 0.217 e. The number of aromatic hydroxyl groups is 1. The van der Waals surface area contributed by atoms with Gasteiger partial charge < -0.3 is 9.84 Å². The fraction of sp³-hybridized carbons (Fsp3) is 0.174. The molecule has 1 N–H and O–H groups in total. The number of para-hydroxylation sites is 1. The second-order valence-corrected chi connectivity index (χ2v) is 7.66. The maximum absolute atomic E-state index is 10.5. The average molecular weight is 391 g/mol. The second kappa shape index (κ2) is 6.57. The van der Waals surface area contributed by atoms with E-state index in [-0.39, 0.29) is 11.8 Å². The van der Waals surface area contributed by atoms with Crippen LogP contribution in [-0.4, -0.2) is 15.8 Å². The molecule has 0 aromatic heterocycles. The summed E-state index contributed by atoms with van der Waals surface area (Å²) in [7, 11) is 0. The predicted octanol–water partition coefficient (Wildman–Crippen LogP) is 5.60. The first kappa shape index (κ1) is 17.1. The molecular weight excluding hydrogens is 372 g/mol. The van der Waals surface area contributed by atoms with Crippen LogP contribution < -0.4 is 4.74 Å². The Labute approximate surface area is 168 Å². The molecule has 0 spiro atoms. The van der Waals surface area contributed by atoms with E-state index in [2.05, 4.69) is 37.3 Å². The van der Waals surface area contributed by atoms with Gasteiger partial charge in [0.25, 0.3) is 0 Å². The van der Waals surface area contributed by atoms with Gasteiger partial charge in [-0.05, 0) is 36.8 Å². The van der Waals surface area contributed by atoms with Crippen molar-refractivity contribution in [3.8, 4) is 11.5 Å². The van der Waals surface area contributed by atoms with Crippen LogP contribution in [-0.2, 0) is 0 Å². The standard InChI is InChI=1S/C23H19ClN2O2/c1-14-6-8-15(9-7-14)19-13-20-17-4-2-3-5-22(17)28-23(26(20)25-19)18-12-16(24)10-11-21(18)27/h2-12,20,23,27H,13H2,1H3/t20-,23-/m0/s1. The number of aryl methyl sites for hydroxylation is 1. The molecule has 0 amide bonds. The van der Waals surface area contributed by atoms with Gasteiger partial charge in [0.1, 0.15) is 11.5 Å². The molecule has 4 nitrogen and oxygen atoms in total. The van der Waals surface area contributed by atoms with Crippen LogP contribution in [0, 0.1) is 6.92 Å². The summed E-state index contributed by atoms with van der Waals surface area (Å²) < 4.78 is 6.27. The molecule has 28 heavy (non-hydrogen) atoms. The van der Waals surface area contributed by atoms with E-state index < -0.39 is 6.23 Å². The fourth-order valence-electron chi connectivity index (χ4n) is 3.88.